The molecule has 1 aromatic carbocycles. The fourth-order valence-electron chi connectivity index (χ4n) is 3.94. The zero-order chi connectivity index (χ0) is 22.9. The number of pyridine rings is 1. The zero-order valence-electron chi connectivity index (χ0n) is 18.3. The molecule has 0 saturated carbocycles. The van der Waals surface area contributed by atoms with Gasteiger partial charge in [-0.15, -0.1) is 5.10 Å². The molecule has 4 heterocycles. The zero-order valence-corrected chi connectivity index (χ0v) is 18.3. The van der Waals surface area contributed by atoms with Gasteiger partial charge in [-0.05, 0) is 43.7 Å². The molecule has 1 aliphatic heterocycles. The second-order valence-electron chi connectivity index (χ2n) is 7.38. The Labute approximate surface area is 189 Å². The molecule has 33 heavy (non-hydrogen) atoms. The van der Waals surface area contributed by atoms with Crippen LogP contribution in [0.2, 0.25) is 0 Å². The van der Waals surface area contributed by atoms with E-state index in [1.54, 1.807) is 38.0 Å². The molecule has 0 radical (unpaired) electrons. The van der Waals surface area contributed by atoms with Gasteiger partial charge in [-0.1, -0.05) is 18.2 Å². The largest absolute Gasteiger partial charge is 0.497 e. The second-order valence-corrected chi connectivity index (χ2v) is 7.38. The number of allylic oxidation sites excluding steroid dienone is 1. The van der Waals surface area contributed by atoms with E-state index in [0.717, 1.165) is 5.56 Å². The number of fused-ring (bicyclic) bond motifs is 3. The van der Waals surface area contributed by atoms with E-state index in [0.29, 0.717) is 45.7 Å². The van der Waals surface area contributed by atoms with Gasteiger partial charge in [0.2, 0.25) is 11.7 Å². The van der Waals surface area contributed by atoms with Crippen LogP contribution in [0.1, 0.15) is 30.9 Å². The number of hydrogen-bond donors (Lipinski definition) is 0. The highest BCUT2D eigenvalue weighted by Crippen LogP contribution is 2.44. The lowest BCUT2D eigenvalue weighted by Crippen LogP contribution is -2.24. The fourth-order valence-corrected chi connectivity index (χ4v) is 3.94. The van der Waals surface area contributed by atoms with Gasteiger partial charge in [0.15, 0.2) is 5.65 Å². The number of esters is 1. The first-order chi connectivity index (χ1) is 16.1. The molecule has 9 heteroatoms. The van der Waals surface area contributed by atoms with E-state index >= 15 is 0 Å². The quantitative estimate of drug-likeness (QED) is 0.432. The number of aromatic nitrogens is 5. The third kappa shape index (κ3) is 3.57. The average molecular weight is 443 g/mol. The molecule has 1 atom stereocenters. The maximum atomic E-state index is 13.0. The van der Waals surface area contributed by atoms with Crippen molar-refractivity contribution in [3.63, 3.8) is 0 Å². The summed E-state index contributed by atoms with van der Waals surface area (Å²) in [5, 5.41) is 4.54. The summed E-state index contributed by atoms with van der Waals surface area (Å²) >= 11 is 0. The van der Waals surface area contributed by atoms with Crippen LogP contribution in [-0.2, 0) is 9.53 Å². The molecule has 0 amide bonds. The summed E-state index contributed by atoms with van der Waals surface area (Å²) in [7, 11) is 1.61. The smallest absolute Gasteiger partial charge is 0.338 e. The summed E-state index contributed by atoms with van der Waals surface area (Å²) in [6.07, 6.45) is 3.23. The molecule has 5 rings (SSSR count). The first kappa shape index (κ1) is 20.6. The topological polar surface area (TPSA) is 101 Å². The van der Waals surface area contributed by atoms with E-state index < -0.39 is 11.9 Å². The van der Waals surface area contributed by atoms with Crippen molar-refractivity contribution in [3.05, 3.63) is 77.4 Å². The Hall–Kier alpha value is -4.27. The lowest BCUT2D eigenvalue weighted by Gasteiger charge is -2.28. The van der Waals surface area contributed by atoms with Crippen LogP contribution in [0.5, 0.6) is 11.6 Å². The molecule has 0 N–H and O–H groups in total. The summed E-state index contributed by atoms with van der Waals surface area (Å²) in [5.41, 5.74) is 3.03. The van der Waals surface area contributed by atoms with Crippen molar-refractivity contribution in [1.29, 1.82) is 0 Å². The van der Waals surface area contributed by atoms with Crippen molar-refractivity contribution >= 4 is 11.6 Å². The first-order valence-electron chi connectivity index (χ1n) is 10.5. The van der Waals surface area contributed by atoms with Crippen molar-refractivity contribution in [2.75, 3.05) is 13.7 Å². The van der Waals surface area contributed by atoms with E-state index in [4.69, 9.17) is 19.2 Å². The molecule has 0 spiro atoms. The van der Waals surface area contributed by atoms with Gasteiger partial charge in [0.1, 0.15) is 23.5 Å². The Morgan fingerprint density at radius 1 is 1.15 bits per heavy atom. The Kier molecular flexibility index (Phi) is 5.21. The van der Waals surface area contributed by atoms with Crippen LogP contribution in [0.15, 0.2) is 66.3 Å². The Morgan fingerprint density at radius 3 is 2.67 bits per heavy atom. The minimum absolute atomic E-state index is 0.245. The molecule has 166 valence electrons. The van der Waals surface area contributed by atoms with Crippen molar-refractivity contribution in [1.82, 2.24) is 24.6 Å². The maximum absolute atomic E-state index is 13.0. The number of ether oxygens (including phenoxy) is 3. The highest BCUT2D eigenvalue weighted by molar-refractivity contribution is 5.93. The van der Waals surface area contributed by atoms with E-state index in [9.17, 15) is 4.79 Å². The lowest BCUT2D eigenvalue weighted by atomic mass is 9.83. The number of methoxy groups -OCH3 is 1. The number of nitrogens with zero attached hydrogens (tertiary/aromatic N) is 5. The third-order valence-corrected chi connectivity index (χ3v) is 5.43. The highest BCUT2D eigenvalue weighted by Gasteiger charge is 2.38. The van der Waals surface area contributed by atoms with Gasteiger partial charge in [-0.2, -0.15) is 0 Å². The second kappa shape index (κ2) is 8.34. The molecule has 0 bridgehead atoms. The Bertz CT molecular complexity index is 1360. The van der Waals surface area contributed by atoms with E-state index in [2.05, 4.69) is 15.1 Å². The van der Waals surface area contributed by atoms with Crippen LogP contribution < -0.4 is 9.47 Å². The predicted molar refractivity (Wildman–Crippen MR) is 119 cm³/mol. The van der Waals surface area contributed by atoms with Crippen molar-refractivity contribution < 1.29 is 19.0 Å². The Balaban J connectivity index is 1.74. The van der Waals surface area contributed by atoms with Crippen molar-refractivity contribution in [2.24, 2.45) is 0 Å². The minimum atomic E-state index is -0.518. The number of carbonyl (C=O) groups excluding carboxylic acids is 1. The predicted octanol–water partition coefficient (Wildman–Crippen LogP) is 3.56. The standard InChI is InChI=1S/C24H21N5O4/c1-4-32-24(30)18-14(2)33-23-20(19(18)15-8-10-16(31-3)11-9-15)22-27-21(28-29(22)13-26-23)17-7-5-6-12-25-17/h5-13,19H,4H2,1-3H3. The maximum Gasteiger partial charge on any atom is 0.338 e. The molecule has 4 aromatic rings. The molecule has 3 aromatic heterocycles. The third-order valence-electron chi connectivity index (χ3n) is 5.43. The number of benzene rings is 1. The molecule has 9 nitrogen and oxygen atoms in total. The molecule has 0 saturated heterocycles. The summed E-state index contributed by atoms with van der Waals surface area (Å²) in [6.45, 7) is 3.75. The number of rotatable bonds is 5. The van der Waals surface area contributed by atoms with Crippen LogP contribution in [0.4, 0.5) is 0 Å². The molecule has 0 fully saturated rings. The van der Waals surface area contributed by atoms with Gasteiger partial charge >= 0.3 is 5.97 Å². The van der Waals surface area contributed by atoms with Gasteiger partial charge in [0.05, 0.1) is 30.8 Å². The lowest BCUT2D eigenvalue weighted by molar-refractivity contribution is -0.139. The van der Waals surface area contributed by atoms with E-state index in [-0.39, 0.29) is 6.61 Å². The monoisotopic (exact) mass is 443 g/mol. The highest BCUT2D eigenvalue weighted by atomic mass is 16.5. The molecular formula is C24H21N5O4. The fraction of sp³-hybridized carbons (Fsp3) is 0.208. The summed E-state index contributed by atoms with van der Waals surface area (Å²) in [4.78, 5) is 26.6. The summed E-state index contributed by atoms with van der Waals surface area (Å²) < 4.78 is 18.2. The Morgan fingerprint density at radius 2 is 1.97 bits per heavy atom. The van der Waals surface area contributed by atoms with Crippen LogP contribution >= 0.6 is 0 Å². The number of hydrogen-bond acceptors (Lipinski definition) is 8. The van der Waals surface area contributed by atoms with Crippen LogP contribution in [-0.4, -0.2) is 44.3 Å². The summed E-state index contributed by atoms with van der Waals surface area (Å²) in [5.74, 6) is 0.990. The summed E-state index contributed by atoms with van der Waals surface area (Å²) in [6, 6.07) is 13.0. The van der Waals surface area contributed by atoms with Crippen molar-refractivity contribution in [2.45, 2.75) is 19.8 Å². The van der Waals surface area contributed by atoms with Gasteiger partial charge < -0.3 is 14.2 Å². The SMILES string of the molecule is CCOC(=O)C1=C(C)Oc2ncn3nc(-c4ccccn4)nc3c2C1c1ccc(OC)cc1. The van der Waals surface area contributed by atoms with Gasteiger partial charge in [0, 0.05) is 6.20 Å². The average Bonchev–Trinajstić information content (AvgIpc) is 3.28. The minimum Gasteiger partial charge on any atom is -0.497 e. The van der Waals surface area contributed by atoms with Crippen LogP contribution in [0.3, 0.4) is 0 Å². The van der Waals surface area contributed by atoms with Gasteiger partial charge in [-0.25, -0.2) is 19.3 Å². The molecule has 1 unspecified atom stereocenters. The molecule has 0 aliphatic carbocycles. The van der Waals surface area contributed by atoms with E-state index in [1.807, 2.05) is 42.5 Å². The number of carbonyl (C=O) groups is 1. The molecular weight excluding hydrogens is 422 g/mol. The van der Waals surface area contributed by atoms with Crippen LogP contribution in [0.25, 0.3) is 17.2 Å². The van der Waals surface area contributed by atoms with Crippen molar-refractivity contribution in [3.8, 4) is 23.1 Å². The van der Waals surface area contributed by atoms with Gasteiger partial charge in [0.25, 0.3) is 0 Å². The first-order valence-corrected chi connectivity index (χ1v) is 10.5. The normalized spacial score (nSPS) is 15.2. The van der Waals surface area contributed by atoms with E-state index in [1.165, 1.54) is 0 Å². The van der Waals surface area contributed by atoms with Crippen LogP contribution in [0, 0.1) is 0 Å². The molecule has 1 aliphatic rings. The van der Waals surface area contributed by atoms with Gasteiger partial charge in [-0.3, -0.25) is 4.98 Å².